The molecule has 0 spiro atoms. The van der Waals surface area contributed by atoms with E-state index in [1.54, 1.807) is 12.1 Å². The lowest BCUT2D eigenvalue weighted by atomic mass is 9.94. The van der Waals surface area contributed by atoms with Crippen LogP contribution in [-0.2, 0) is 4.74 Å². The van der Waals surface area contributed by atoms with E-state index in [1.165, 1.54) is 7.11 Å². The molecule has 20 heavy (non-hydrogen) atoms. The molecule has 5 nitrogen and oxygen atoms in total. The number of esters is 1. The molecule has 2 atom stereocenters. The lowest BCUT2D eigenvalue weighted by Crippen LogP contribution is -2.39. The first kappa shape index (κ1) is 16.7. The maximum absolute atomic E-state index is 11.3. The average molecular weight is 283 g/mol. The number of aliphatic hydroxyl groups is 1. The molecule has 5 heteroatoms. The van der Waals surface area contributed by atoms with Gasteiger partial charge in [-0.1, -0.05) is 13.8 Å². The first-order chi connectivity index (χ1) is 9.25. The molecule has 1 heterocycles. The second-order valence-electron chi connectivity index (χ2n) is 5.89. The summed E-state index contributed by atoms with van der Waals surface area (Å²) in [6.45, 7) is 8.35. The van der Waals surface area contributed by atoms with E-state index >= 15 is 0 Å². The summed E-state index contributed by atoms with van der Waals surface area (Å²) >= 11 is 0. The predicted molar refractivity (Wildman–Crippen MR) is 76.5 cm³/mol. The summed E-state index contributed by atoms with van der Waals surface area (Å²) in [6, 6.07) is 3.24. The molecule has 0 amide bonds. The number of nitrogens with one attached hydrogen (secondary N) is 1. The molecule has 0 fully saturated rings. The molecule has 0 aromatic carbocycles. The minimum atomic E-state index is -0.764. The molecule has 1 aromatic rings. The van der Waals surface area contributed by atoms with E-state index in [0.717, 1.165) is 6.42 Å². The van der Waals surface area contributed by atoms with Crippen molar-refractivity contribution >= 4 is 5.97 Å². The number of hydrogen-bond acceptors (Lipinski definition) is 5. The Kier molecular flexibility index (Phi) is 5.77. The lowest BCUT2D eigenvalue weighted by Gasteiger charge is -2.27. The Morgan fingerprint density at radius 2 is 2.10 bits per heavy atom. The van der Waals surface area contributed by atoms with Gasteiger partial charge in [0.25, 0.3) is 0 Å². The number of hydrogen-bond donors (Lipinski definition) is 2. The fourth-order valence-corrected chi connectivity index (χ4v) is 2.22. The third-order valence-electron chi connectivity index (χ3n) is 3.08. The van der Waals surface area contributed by atoms with Crippen molar-refractivity contribution in [2.24, 2.45) is 5.92 Å². The standard InChI is InChI=1S/C15H25NO4/c1-10(2)8-15(4,18)9-16-11(3)12-6-7-13(20-12)14(17)19-5/h6-7,10-11,16,18H,8-9H2,1-5H3. The molecule has 0 aliphatic heterocycles. The summed E-state index contributed by atoms with van der Waals surface area (Å²) in [5, 5.41) is 13.5. The third-order valence-corrected chi connectivity index (χ3v) is 3.08. The molecule has 0 bridgehead atoms. The van der Waals surface area contributed by atoms with Crippen LogP contribution in [-0.4, -0.2) is 30.3 Å². The van der Waals surface area contributed by atoms with Crippen molar-refractivity contribution in [3.05, 3.63) is 23.7 Å². The zero-order valence-corrected chi connectivity index (χ0v) is 12.9. The van der Waals surface area contributed by atoms with Gasteiger partial charge in [-0.3, -0.25) is 0 Å². The molecule has 0 saturated heterocycles. The predicted octanol–water partition coefficient (Wildman–Crippen LogP) is 2.51. The highest BCUT2D eigenvalue weighted by Crippen LogP contribution is 2.20. The quantitative estimate of drug-likeness (QED) is 0.752. The normalized spacial score (nSPS) is 15.9. The van der Waals surface area contributed by atoms with Gasteiger partial charge in [-0.15, -0.1) is 0 Å². The molecule has 114 valence electrons. The highest BCUT2D eigenvalue weighted by Gasteiger charge is 2.23. The maximum Gasteiger partial charge on any atom is 0.373 e. The summed E-state index contributed by atoms with van der Waals surface area (Å²) in [4.78, 5) is 11.3. The minimum Gasteiger partial charge on any atom is -0.463 e. The first-order valence-corrected chi connectivity index (χ1v) is 6.89. The number of ether oxygens (including phenoxy) is 1. The van der Waals surface area contributed by atoms with E-state index in [0.29, 0.717) is 18.2 Å². The Hall–Kier alpha value is -1.33. The van der Waals surface area contributed by atoms with Crippen molar-refractivity contribution in [2.75, 3.05) is 13.7 Å². The van der Waals surface area contributed by atoms with Gasteiger partial charge in [-0.05, 0) is 38.3 Å². The third kappa shape index (κ3) is 4.98. The molecule has 2 unspecified atom stereocenters. The number of furan rings is 1. The van der Waals surface area contributed by atoms with Gasteiger partial charge in [-0.2, -0.15) is 0 Å². The van der Waals surface area contributed by atoms with E-state index in [2.05, 4.69) is 23.9 Å². The van der Waals surface area contributed by atoms with E-state index in [-0.39, 0.29) is 11.8 Å². The van der Waals surface area contributed by atoms with Crippen molar-refractivity contribution in [2.45, 2.75) is 45.8 Å². The van der Waals surface area contributed by atoms with E-state index in [1.807, 2.05) is 13.8 Å². The highest BCUT2D eigenvalue weighted by molar-refractivity contribution is 5.86. The fourth-order valence-electron chi connectivity index (χ4n) is 2.22. The molecule has 0 aliphatic carbocycles. The molecule has 0 saturated carbocycles. The van der Waals surface area contributed by atoms with Gasteiger partial charge < -0.3 is 19.6 Å². The average Bonchev–Trinajstić information content (AvgIpc) is 2.83. The van der Waals surface area contributed by atoms with Crippen molar-refractivity contribution < 1.29 is 19.1 Å². The van der Waals surface area contributed by atoms with Gasteiger partial charge in [0.15, 0.2) is 0 Å². The van der Waals surface area contributed by atoms with Crippen LogP contribution in [0.3, 0.4) is 0 Å². The van der Waals surface area contributed by atoms with Gasteiger partial charge in [0.2, 0.25) is 5.76 Å². The lowest BCUT2D eigenvalue weighted by molar-refractivity contribution is 0.0355. The number of carbonyl (C=O) groups is 1. The van der Waals surface area contributed by atoms with Crippen LogP contribution >= 0.6 is 0 Å². The number of rotatable bonds is 7. The van der Waals surface area contributed by atoms with Crippen molar-refractivity contribution in [3.63, 3.8) is 0 Å². The zero-order valence-electron chi connectivity index (χ0n) is 12.9. The van der Waals surface area contributed by atoms with Gasteiger partial charge in [0.05, 0.1) is 18.8 Å². The van der Waals surface area contributed by atoms with Crippen molar-refractivity contribution in [1.29, 1.82) is 0 Å². The highest BCUT2D eigenvalue weighted by atomic mass is 16.5. The second-order valence-corrected chi connectivity index (χ2v) is 5.89. The summed E-state index contributed by atoms with van der Waals surface area (Å²) in [6.07, 6.45) is 0.721. The smallest absolute Gasteiger partial charge is 0.373 e. The molecule has 1 rings (SSSR count). The fraction of sp³-hybridized carbons (Fsp3) is 0.667. The van der Waals surface area contributed by atoms with Crippen molar-refractivity contribution in [3.8, 4) is 0 Å². The summed E-state index contributed by atoms with van der Waals surface area (Å²) in [7, 11) is 1.31. The van der Waals surface area contributed by atoms with Crippen molar-refractivity contribution in [1.82, 2.24) is 5.32 Å². The van der Waals surface area contributed by atoms with E-state index in [4.69, 9.17) is 4.42 Å². The molecular formula is C15H25NO4. The van der Waals surface area contributed by atoms with Crippen LogP contribution in [0.1, 0.15) is 56.5 Å². The van der Waals surface area contributed by atoms with Crippen LogP contribution in [0, 0.1) is 5.92 Å². The molecular weight excluding hydrogens is 258 g/mol. The zero-order chi connectivity index (χ0) is 15.3. The second kappa shape index (κ2) is 6.90. The Morgan fingerprint density at radius 3 is 2.65 bits per heavy atom. The molecule has 0 radical (unpaired) electrons. The monoisotopic (exact) mass is 283 g/mol. The van der Waals surface area contributed by atoms with Crippen LogP contribution in [0.4, 0.5) is 0 Å². The molecule has 1 aromatic heterocycles. The van der Waals surface area contributed by atoms with Crippen LogP contribution in [0.2, 0.25) is 0 Å². The topological polar surface area (TPSA) is 71.7 Å². The summed E-state index contributed by atoms with van der Waals surface area (Å²) in [5.41, 5.74) is -0.764. The molecule has 2 N–H and O–H groups in total. The van der Waals surface area contributed by atoms with Gasteiger partial charge in [0.1, 0.15) is 5.76 Å². The summed E-state index contributed by atoms with van der Waals surface area (Å²) in [5.74, 6) is 0.766. The Morgan fingerprint density at radius 1 is 1.45 bits per heavy atom. The van der Waals surface area contributed by atoms with Gasteiger partial charge >= 0.3 is 5.97 Å². The number of methoxy groups -OCH3 is 1. The Bertz CT molecular complexity index is 437. The minimum absolute atomic E-state index is 0.0907. The summed E-state index contributed by atoms with van der Waals surface area (Å²) < 4.78 is 10.0. The number of carbonyl (C=O) groups excluding carboxylic acids is 1. The molecule has 0 aliphatic rings. The van der Waals surface area contributed by atoms with Crippen LogP contribution in [0.15, 0.2) is 16.5 Å². The van der Waals surface area contributed by atoms with Gasteiger partial charge in [0, 0.05) is 6.54 Å². The largest absolute Gasteiger partial charge is 0.463 e. The Balaban J connectivity index is 2.56. The van der Waals surface area contributed by atoms with Crippen LogP contribution in [0.5, 0.6) is 0 Å². The van der Waals surface area contributed by atoms with Crippen LogP contribution < -0.4 is 5.32 Å². The Labute approximate surface area is 120 Å². The van der Waals surface area contributed by atoms with E-state index in [9.17, 15) is 9.90 Å². The maximum atomic E-state index is 11.3. The SMILES string of the molecule is COC(=O)c1ccc(C(C)NCC(C)(O)CC(C)C)o1. The van der Waals surface area contributed by atoms with E-state index < -0.39 is 11.6 Å². The first-order valence-electron chi connectivity index (χ1n) is 6.89. The van der Waals surface area contributed by atoms with Gasteiger partial charge in [-0.25, -0.2) is 4.79 Å². The van der Waals surface area contributed by atoms with Crippen LogP contribution in [0.25, 0.3) is 0 Å².